The van der Waals surface area contributed by atoms with E-state index in [-0.39, 0.29) is 11.9 Å². The van der Waals surface area contributed by atoms with Crippen molar-refractivity contribution >= 4 is 5.91 Å². The first-order chi connectivity index (χ1) is 10.6. The van der Waals surface area contributed by atoms with Crippen molar-refractivity contribution < 1.29 is 4.79 Å². The first kappa shape index (κ1) is 14.8. The fraction of sp³-hybridized carbons (Fsp3) is 0.350. The van der Waals surface area contributed by atoms with E-state index in [4.69, 9.17) is 0 Å². The molecule has 1 aliphatic rings. The van der Waals surface area contributed by atoms with E-state index < -0.39 is 0 Å². The highest BCUT2D eigenvalue weighted by Gasteiger charge is 2.21. The second-order valence-electron chi connectivity index (χ2n) is 6.39. The summed E-state index contributed by atoms with van der Waals surface area (Å²) >= 11 is 0. The van der Waals surface area contributed by atoms with E-state index in [1.807, 2.05) is 24.3 Å². The van der Waals surface area contributed by atoms with Gasteiger partial charge >= 0.3 is 0 Å². The fourth-order valence-electron chi connectivity index (χ4n) is 3.16. The number of carbonyl (C=O) groups excluding carboxylic acids is 1. The molecular formula is C20H23NO. The predicted molar refractivity (Wildman–Crippen MR) is 90.1 cm³/mol. The van der Waals surface area contributed by atoms with E-state index >= 15 is 0 Å². The molecule has 1 amide bonds. The van der Waals surface area contributed by atoms with Gasteiger partial charge in [0.25, 0.3) is 5.91 Å². The van der Waals surface area contributed by atoms with Gasteiger partial charge in [-0.2, -0.15) is 0 Å². The lowest BCUT2D eigenvalue weighted by atomic mass is 9.87. The fourth-order valence-corrected chi connectivity index (χ4v) is 3.16. The Morgan fingerprint density at radius 3 is 2.55 bits per heavy atom. The topological polar surface area (TPSA) is 29.1 Å². The number of hydrogen-bond acceptors (Lipinski definition) is 1. The van der Waals surface area contributed by atoms with Gasteiger partial charge in [0.05, 0.1) is 6.04 Å². The Morgan fingerprint density at radius 1 is 1.09 bits per heavy atom. The molecule has 1 aliphatic carbocycles. The molecule has 22 heavy (non-hydrogen) atoms. The number of fused-ring (bicyclic) bond motifs is 1. The van der Waals surface area contributed by atoms with Gasteiger partial charge in [-0.1, -0.05) is 50.2 Å². The highest BCUT2D eigenvalue weighted by molar-refractivity contribution is 5.94. The molecule has 0 spiro atoms. The SMILES string of the molecule is CC(C)c1ccc(C(=O)N[C@@H]2CCCc3ccccc32)cc1. The van der Waals surface area contributed by atoms with Gasteiger partial charge in [-0.25, -0.2) is 0 Å². The minimum Gasteiger partial charge on any atom is -0.345 e. The van der Waals surface area contributed by atoms with Crippen LogP contribution in [0.5, 0.6) is 0 Å². The molecule has 0 radical (unpaired) electrons. The van der Waals surface area contributed by atoms with Crippen molar-refractivity contribution in [3.05, 3.63) is 70.8 Å². The predicted octanol–water partition coefficient (Wildman–Crippen LogP) is 4.62. The number of amides is 1. The van der Waals surface area contributed by atoms with Crippen LogP contribution in [0.2, 0.25) is 0 Å². The van der Waals surface area contributed by atoms with Crippen molar-refractivity contribution in [1.82, 2.24) is 5.32 Å². The number of benzene rings is 2. The Kier molecular flexibility index (Phi) is 4.28. The summed E-state index contributed by atoms with van der Waals surface area (Å²) in [5.74, 6) is 0.513. The van der Waals surface area contributed by atoms with Crippen LogP contribution in [0.25, 0.3) is 0 Å². The Balaban J connectivity index is 1.75. The van der Waals surface area contributed by atoms with Gasteiger partial charge < -0.3 is 5.32 Å². The monoisotopic (exact) mass is 293 g/mol. The van der Waals surface area contributed by atoms with Crippen LogP contribution >= 0.6 is 0 Å². The highest BCUT2D eigenvalue weighted by Crippen LogP contribution is 2.29. The molecule has 0 fully saturated rings. The number of rotatable bonds is 3. The molecule has 2 aromatic rings. The molecule has 1 atom stereocenters. The smallest absolute Gasteiger partial charge is 0.251 e. The summed E-state index contributed by atoms with van der Waals surface area (Å²) in [6.45, 7) is 4.32. The zero-order chi connectivity index (χ0) is 15.5. The largest absolute Gasteiger partial charge is 0.345 e. The van der Waals surface area contributed by atoms with E-state index in [2.05, 4.69) is 43.4 Å². The first-order valence-corrected chi connectivity index (χ1v) is 8.14. The van der Waals surface area contributed by atoms with E-state index in [1.165, 1.54) is 16.7 Å². The van der Waals surface area contributed by atoms with Crippen LogP contribution in [-0.2, 0) is 6.42 Å². The zero-order valence-electron chi connectivity index (χ0n) is 13.3. The van der Waals surface area contributed by atoms with Crippen molar-refractivity contribution in [1.29, 1.82) is 0 Å². The van der Waals surface area contributed by atoms with Gasteiger partial charge in [0.2, 0.25) is 0 Å². The summed E-state index contributed by atoms with van der Waals surface area (Å²) in [4.78, 5) is 12.5. The molecule has 2 heteroatoms. The maximum atomic E-state index is 12.5. The minimum atomic E-state index is 0.0250. The minimum absolute atomic E-state index is 0.0250. The molecule has 0 aromatic heterocycles. The van der Waals surface area contributed by atoms with Crippen LogP contribution in [-0.4, -0.2) is 5.91 Å². The molecule has 114 valence electrons. The Bertz CT molecular complexity index is 658. The van der Waals surface area contributed by atoms with Gasteiger partial charge in [-0.3, -0.25) is 4.79 Å². The van der Waals surface area contributed by atoms with Gasteiger partial charge in [0, 0.05) is 5.56 Å². The lowest BCUT2D eigenvalue weighted by molar-refractivity contribution is 0.0932. The van der Waals surface area contributed by atoms with Crippen LogP contribution in [0.15, 0.2) is 48.5 Å². The molecule has 1 N–H and O–H groups in total. The third-order valence-corrected chi connectivity index (χ3v) is 4.51. The maximum absolute atomic E-state index is 12.5. The summed E-state index contributed by atoms with van der Waals surface area (Å²) in [7, 11) is 0. The quantitative estimate of drug-likeness (QED) is 0.879. The van der Waals surface area contributed by atoms with Crippen molar-refractivity contribution in [3.8, 4) is 0 Å². The summed E-state index contributed by atoms with van der Waals surface area (Å²) in [5, 5.41) is 3.20. The molecular weight excluding hydrogens is 270 g/mol. The average Bonchev–Trinajstić information content (AvgIpc) is 2.55. The molecule has 2 nitrogen and oxygen atoms in total. The standard InChI is InChI=1S/C20H23NO/c1-14(2)15-10-12-17(13-11-15)20(22)21-19-9-5-7-16-6-3-4-8-18(16)19/h3-4,6,8,10-14,19H,5,7,9H2,1-2H3,(H,21,22)/t19-/m1/s1. The molecule has 0 saturated carbocycles. The normalized spacial score (nSPS) is 17.1. The second kappa shape index (κ2) is 6.35. The van der Waals surface area contributed by atoms with E-state index in [0.717, 1.165) is 24.8 Å². The summed E-state index contributed by atoms with van der Waals surface area (Å²) in [6.07, 6.45) is 3.27. The Labute approximate surface area is 132 Å². The van der Waals surface area contributed by atoms with E-state index in [1.54, 1.807) is 0 Å². The zero-order valence-corrected chi connectivity index (χ0v) is 13.3. The number of aryl methyl sites for hydroxylation is 1. The van der Waals surface area contributed by atoms with Crippen LogP contribution in [0, 0.1) is 0 Å². The van der Waals surface area contributed by atoms with Crippen LogP contribution < -0.4 is 5.32 Å². The van der Waals surface area contributed by atoms with Crippen LogP contribution in [0.1, 0.15) is 65.7 Å². The van der Waals surface area contributed by atoms with Crippen LogP contribution in [0.3, 0.4) is 0 Å². The van der Waals surface area contributed by atoms with Crippen LogP contribution in [0.4, 0.5) is 0 Å². The average molecular weight is 293 g/mol. The van der Waals surface area contributed by atoms with Gasteiger partial charge in [-0.15, -0.1) is 0 Å². The molecule has 0 bridgehead atoms. The number of carbonyl (C=O) groups is 1. The highest BCUT2D eigenvalue weighted by atomic mass is 16.1. The summed E-state index contributed by atoms with van der Waals surface area (Å²) in [5.41, 5.74) is 4.65. The van der Waals surface area contributed by atoms with Crippen molar-refractivity contribution in [2.45, 2.75) is 45.1 Å². The third kappa shape index (κ3) is 3.06. The number of hydrogen-bond donors (Lipinski definition) is 1. The third-order valence-electron chi connectivity index (χ3n) is 4.51. The summed E-state index contributed by atoms with van der Waals surface area (Å²) in [6, 6.07) is 16.5. The molecule has 0 aliphatic heterocycles. The lowest BCUT2D eigenvalue weighted by Crippen LogP contribution is -2.30. The first-order valence-electron chi connectivity index (χ1n) is 8.14. The van der Waals surface area contributed by atoms with Crippen molar-refractivity contribution in [2.24, 2.45) is 0 Å². The van der Waals surface area contributed by atoms with Gasteiger partial charge in [-0.05, 0) is 54.0 Å². The molecule has 0 saturated heterocycles. The van der Waals surface area contributed by atoms with Crippen molar-refractivity contribution in [3.63, 3.8) is 0 Å². The molecule has 0 heterocycles. The summed E-state index contributed by atoms with van der Waals surface area (Å²) < 4.78 is 0. The second-order valence-corrected chi connectivity index (χ2v) is 6.39. The van der Waals surface area contributed by atoms with E-state index in [9.17, 15) is 4.79 Å². The van der Waals surface area contributed by atoms with E-state index in [0.29, 0.717) is 5.92 Å². The molecule has 0 unspecified atom stereocenters. The van der Waals surface area contributed by atoms with Crippen molar-refractivity contribution in [2.75, 3.05) is 0 Å². The van der Waals surface area contributed by atoms with Gasteiger partial charge in [0.15, 0.2) is 0 Å². The molecule has 3 rings (SSSR count). The number of nitrogens with one attached hydrogen (secondary N) is 1. The Morgan fingerprint density at radius 2 is 1.82 bits per heavy atom. The maximum Gasteiger partial charge on any atom is 0.251 e. The Hall–Kier alpha value is -2.09. The lowest BCUT2D eigenvalue weighted by Gasteiger charge is -2.26. The van der Waals surface area contributed by atoms with Gasteiger partial charge in [0.1, 0.15) is 0 Å². The molecule has 2 aromatic carbocycles.